The number of carbonyl (C=O) groups is 3. The van der Waals surface area contributed by atoms with Gasteiger partial charge in [0.1, 0.15) is 5.60 Å². The standard InChI is InChI=1S/C20H29N3O4/c1-13(18(25)22-16-8-6-5-7-15(16)17(21)24)14-9-11-23(12-10-14)19(26)27-20(2,3)4/h5-8,13-14H,9-12H2,1-4H3,(H2,21,24)(H,22,25)/t13-/m0/s1. The third-order valence-electron chi connectivity index (χ3n) is 4.76. The summed E-state index contributed by atoms with van der Waals surface area (Å²) in [4.78, 5) is 38.0. The normalized spacial score (nSPS) is 16.5. The monoisotopic (exact) mass is 375 g/mol. The topological polar surface area (TPSA) is 102 Å². The molecule has 0 spiro atoms. The molecule has 0 aliphatic carbocycles. The molecule has 1 heterocycles. The van der Waals surface area contributed by atoms with Gasteiger partial charge in [-0.05, 0) is 51.7 Å². The summed E-state index contributed by atoms with van der Waals surface area (Å²) in [5, 5.41) is 2.81. The Morgan fingerprint density at radius 1 is 1.19 bits per heavy atom. The summed E-state index contributed by atoms with van der Waals surface area (Å²) in [5.41, 5.74) is 5.55. The lowest BCUT2D eigenvalue weighted by molar-refractivity contribution is -0.121. The van der Waals surface area contributed by atoms with Crippen LogP contribution >= 0.6 is 0 Å². The second kappa shape index (κ2) is 8.41. The van der Waals surface area contributed by atoms with Gasteiger partial charge < -0.3 is 20.7 Å². The molecule has 1 aliphatic rings. The fourth-order valence-electron chi connectivity index (χ4n) is 3.18. The van der Waals surface area contributed by atoms with Gasteiger partial charge in [0, 0.05) is 19.0 Å². The van der Waals surface area contributed by atoms with Gasteiger partial charge in [-0.1, -0.05) is 19.1 Å². The number of rotatable bonds is 4. The number of primary amides is 1. The number of para-hydroxylation sites is 1. The Kier molecular flexibility index (Phi) is 6.46. The highest BCUT2D eigenvalue weighted by atomic mass is 16.6. The first-order chi connectivity index (χ1) is 12.6. The molecule has 1 saturated heterocycles. The fraction of sp³-hybridized carbons (Fsp3) is 0.550. The van der Waals surface area contributed by atoms with E-state index in [0.717, 1.165) is 12.8 Å². The Labute approximate surface area is 160 Å². The number of hydrogen-bond donors (Lipinski definition) is 2. The lowest BCUT2D eigenvalue weighted by Gasteiger charge is -2.35. The molecular weight excluding hydrogens is 346 g/mol. The molecule has 1 aromatic carbocycles. The highest BCUT2D eigenvalue weighted by molar-refractivity contribution is 6.03. The number of likely N-dealkylation sites (tertiary alicyclic amines) is 1. The maximum Gasteiger partial charge on any atom is 0.410 e. The minimum absolute atomic E-state index is 0.153. The number of anilines is 1. The second-order valence-corrected chi connectivity index (χ2v) is 7.99. The van der Waals surface area contributed by atoms with Gasteiger partial charge in [-0.2, -0.15) is 0 Å². The number of hydrogen-bond acceptors (Lipinski definition) is 4. The van der Waals surface area contributed by atoms with Crippen LogP contribution in [0.4, 0.5) is 10.5 Å². The van der Waals surface area contributed by atoms with Crippen molar-refractivity contribution < 1.29 is 19.1 Å². The number of nitrogens with zero attached hydrogens (tertiary/aromatic N) is 1. The Bertz CT molecular complexity index is 703. The van der Waals surface area contributed by atoms with Crippen LogP contribution in [0.5, 0.6) is 0 Å². The number of nitrogens with two attached hydrogens (primary N) is 1. The van der Waals surface area contributed by atoms with Crippen molar-refractivity contribution in [2.45, 2.75) is 46.1 Å². The predicted octanol–water partition coefficient (Wildman–Crippen LogP) is 3.01. The first-order valence-electron chi connectivity index (χ1n) is 9.26. The van der Waals surface area contributed by atoms with E-state index in [0.29, 0.717) is 18.8 Å². The van der Waals surface area contributed by atoms with Crippen LogP contribution in [0.25, 0.3) is 0 Å². The molecule has 3 amide bonds. The molecule has 0 unspecified atom stereocenters. The summed E-state index contributed by atoms with van der Waals surface area (Å²) in [5.74, 6) is -0.820. The van der Waals surface area contributed by atoms with Crippen molar-refractivity contribution in [1.29, 1.82) is 0 Å². The molecule has 1 aromatic rings. The van der Waals surface area contributed by atoms with Gasteiger partial charge in [-0.25, -0.2) is 4.79 Å². The zero-order valence-corrected chi connectivity index (χ0v) is 16.5. The van der Waals surface area contributed by atoms with Gasteiger partial charge in [0.05, 0.1) is 11.3 Å². The first-order valence-corrected chi connectivity index (χ1v) is 9.26. The van der Waals surface area contributed by atoms with Crippen molar-refractivity contribution in [3.63, 3.8) is 0 Å². The smallest absolute Gasteiger partial charge is 0.410 e. The molecule has 7 heteroatoms. The maximum atomic E-state index is 12.6. The third-order valence-corrected chi connectivity index (χ3v) is 4.76. The van der Waals surface area contributed by atoms with Crippen molar-refractivity contribution in [3.05, 3.63) is 29.8 Å². The van der Waals surface area contributed by atoms with Gasteiger partial charge in [-0.3, -0.25) is 9.59 Å². The molecule has 27 heavy (non-hydrogen) atoms. The van der Waals surface area contributed by atoms with Gasteiger partial charge >= 0.3 is 6.09 Å². The van der Waals surface area contributed by atoms with E-state index in [-0.39, 0.29) is 29.4 Å². The minimum atomic E-state index is -0.579. The molecule has 1 atom stereocenters. The fourth-order valence-corrected chi connectivity index (χ4v) is 3.18. The molecular formula is C20H29N3O4. The van der Waals surface area contributed by atoms with Crippen molar-refractivity contribution in [3.8, 4) is 0 Å². The number of amides is 3. The van der Waals surface area contributed by atoms with Crippen LogP contribution in [0.1, 0.15) is 50.9 Å². The summed E-state index contributed by atoms with van der Waals surface area (Å²) in [6, 6.07) is 6.69. The maximum absolute atomic E-state index is 12.6. The van der Waals surface area contributed by atoms with Crippen molar-refractivity contribution in [1.82, 2.24) is 4.90 Å². The molecule has 3 N–H and O–H groups in total. The van der Waals surface area contributed by atoms with Crippen molar-refractivity contribution in [2.24, 2.45) is 17.6 Å². The van der Waals surface area contributed by atoms with Crippen LogP contribution in [0.15, 0.2) is 24.3 Å². The molecule has 2 rings (SSSR count). The first kappa shape index (κ1) is 20.7. The Morgan fingerprint density at radius 3 is 2.33 bits per heavy atom. The lowest BCUT2D eigenvalue weighted by Crippen LogP contribution is -2.43. The number of nitrogens with one attached hydrogen (secondary N) is 1. The second-order valence-electron chi connectivity index (χ2n) is 7.99. The van der Waals surface area contributed by atoms with E-state index in [1.807, 2.05) is 27.7 Å². The molecule has 7 nitrogen and oxygen atoms in total. The van der Waals surface area contributed by atoms with Crippen LogP contribution in [0, 0.1) is 11.8 Å². The van der Waals surface area contributed by atoms with Crippen LogP contribution in [0.3, 0.4) is 0 Å². The third kappa shape index (κ3) is 5.70. The average Bonchev–Trinajstić information content (AvgIpc) is 2.60. The lowest BCUT2D eigenvalue weighted by atomic mass is 9.85. The van der Waals surface area contributed by atoms with Crippen molar-refractivity contribution >= 4 is 23.6 Å². The highest BCUT2D eigenvalue weighted by Crippen LogP contribution is 2.27. The summed E-state index contributed by atoms with van der Waals surface area (Å²) in [6.07, 6.45) is 1.14. The Hall–Kier alpha value is -2.57. The van der Waals surface area contributed by atoms with Gasteiger partial charge in [0.25, 0.3) is 5.91 Å². The van der Waals surface area contributed by atoms with E-state index < -0.39 is 11.5 Å². The number of ether oxygens (including phenoxy) is 1. The molecule has 1 fully saturated rings. The molecule has 0 bridgehead atoms. The quantitative estimate of drug-likeness (QED) is 0.844. The van der Waals surface area contributed by atoms with E-state index in [2.05, 4.69) is 5.32 Å². The van der Waals surface area contributed by atoms with E-state index in [1.54, 1.807) is 29.2 Å². The van der Waals surface area contributed by atoms with Crippen molar-refractivity contribution in [2.75, 3.05) is 18.4 Å². The summed E-state index contributed by atoms with van der Waals surface area (Å²) < 4.78 is 5.40. The number of benzene rings is 1. The van der Waals surface area contributed by atoms with E-state index in [9.17, 15) is 14.4 Å². The zero-order chi connectivity index (χ0) is 20.2. The molecule has 148 valence electrons. The summed E-state index contributed by atoms with van der Waals surface area (Å²) in [6.45, 7) is 8.52. The zero-order valence-electron chi connectivity index (χ0n) is 16.5. The number of carbonyl (C=O) groups excluding carboxylic acids is 3. The highest BCUT2D eigenvalue weighted by Gasteiger charge is 2.31. The molecule has 0 aromatic heterocycles. The molecule has 0 radical (unpaired) electrons. The largest absolute Gasteiger partial charge is 0.444 e. The van der Waals surface area contributed by atoms with Crippen LogP contribution in [0.2, 0.25) is 0 Å². The van der Waals surface area contributed by atoms with Gasteiger partial charge in [0.15, 0.2) is 0 Å². The van der Waals surface area contributed by atoms with Gasteiger partial charge in [0.2, 0.25) is 5.91 Å². The molecule has 1 aliphatic heterocycles. The number of piperidine rings is 1. The van der Waals surface area contributed by atoms with E-state index >= 15 is 0 Å². The van der Waals surface area contributed by atoms with Crippen LogP contribution in [-0.2, 0) is 9.53 Å². The van der Waals surface area contributed by atoms with E-state index in [4.69, 9.17) is 10.5 Å². The van der Waals surface area contributed by atoms with E-state index in [1.165, 1.54) is 0 Å². The van der Waals surface area contributed by atoms with Gasteiger partial charge in [-0.15, -0.1) is 0 Å². The average molecular weight is 375 g/mol. The van der Waals surface area contributed by atoms with Crippen LogP contribution < -0.4 is 11.1 Å². The summed E-state index contributed by atoms with van der Waals surface area (Å²) >= 11 is 0. The Balaban J connectivity index is 1.92. The predicted molar refractivity (Wildman–Crippen MR) is 103 cm³/mol. The molecule has 0 saturated carbocycles. The van der Waals surface area contributed by atoms with Crippen LogP contribution in [-0.4, -0.2) is 41.5 Å². The summed E-state index contributed by atoms with van der Waals surface area (Å²) in [7, 11) is 0. The Morgan fingerprint density at radius 2 is 1.78 bits per heavy atom. The minimum Gasteiger partial charge on any atom is -0.444 e. The SMILES string of the molecule is C[C@H](C(=O)Nc1ccccc1C(N)=O)C1CCN(C(=O)OC(C)(C)C)CC1.